The number of para-hydroxylation sites is 1. The number of likely N-dealkylation sites (N-methyl/N-ethyl adjacent to an activating group) is 1. The predicted molar refractivity (Wildman–Crippen MR) is 134 cm³/mol. The Morgan fingerprint density at radius 1 is 0.902 bits per heavy atom. The van der Waals surface area contributed by atoms with E-state index in [2.05, 4.69) is 29.0 Å². The fourth-order valence-corrected chi connectivity index (χ4v) is 4.31. The second-order valence-corrected chi connectivity index (χ2v) is 9.31. The van der Waals surface area contributed by atoms with Gasteiger partial charge in [-0.05, 0) is 43.3 Å². The number of aliphatic carboxylic acids is 2. The van der Waals surface area contributed by atoms with Gasteiger partial charge in [-0.15, -0.1) is 0 Å². The maximum absolute atomic E-state index is 12.6. The van der Waals surface area contributed by atoms with Crippen molar-refractivity contribution in [2.24, 2.45) is 0 Å². The molecule has 1 spiro atoms. The van der Waals surface area contributed by atoms with Crippen molar-refractivity contribution in [2.45, 2.75) is 30.9 Å². The molecule has 226 valence electrons. The quantitative estimate of drug-likeness (QED) is 0.514. The van der Waals surface area contributed by atoms with E-state index in [0.717, 1.165) is 44.0 Å². The highest BCUT2D eigenvalue weighted by molar-refractivity contribution is 5.96. The Kier molecular flexibility index (Phi) is 11.1. The molecule has 0 radical (unpaired) electrons. The van der Waals surface area contributed by atoms with E-state index >= 15 is 0 Å². The summed E-state index contributed by atoms with van der Waals surface area (Å²) in [5, 5.41) is 14.2. The largest absolute Gasteiger partial charge is 0.497 e. The Morgan fingerprint density at radius 3 is 1.88 bits per heavy atom. The van der Waals surface area contributed by atoms with E-state index in [0.29, 0.717) is 6.54 Å². The molecule has 0 saturated carbocycles. The van der Waals surface area contributed by atoms with Gasteiger partial charge in [-0.2, -0.15) is 26.3 Å². The lowest BCUT2D eigenvalue weighted by molar-refractivity contribution is -0.193. The lowest BCUT2D eigenvalue weighted by Crippen LogP contribution is -2.64. The van der Waals surface area contributed by atoms with Crippen LogP contribution < -0.4 is 9.64 Å². The van der Waals surface area contributed by atoms with Crippen LogP contribution in [0, 0.1) is 0 Å². The SMILES string of the molecule is COc1ccc(CN2CCC3(C2)CN(c2ccccc2)C(=O)CN3C)cc1.O=C(O)C(F)(F)F.O=C(O)C(F)(F)F. The molecular formula is C26H29F6N3O6. The van der Waals surface area contributed by atoms with E-state index in [1.807, 2.05) is 47.4 Å². The number of carboxylic acids is 2. The number of rotatable bonds is 4. The van der Waals surface area contributed by atoms with E-state index in [1.54, 1.807) is 7.11 Å². The number of alkyl halides is 6. The number of piperazine rings is 1. The van der Waals surface area contributed by atoms with Gasteiger partial charge in [-0.25, -0.2) is 9.59 Å². The molecule has 2 heterocycles. The fraction of sp³-hybridized carbons (Fsp3) is 0.423. The number of amides is 1. The van der Waals surface area contributed by atoms with Crippen molar-refractivity contribution in [3.63, 3.8) is 0 Å². The molecule has 1 unspecified atom stereocenters. The van der Waals surface area contributed by atoms with Crippen LogP contribution in [0.3, 0.4) is 0 Å². The Bertz CT molecular complexity index is 1150. The van der Waals surface area contributed by atoms with Crippen molar-refractivity contribution in [3.8, 4) is 5.75 Å². The van der Waals surface area contributed by atoms with Crippen LogP contribution in [0.25, 0.3) is 0 Å². The van der Waals surface area contributed by atoms with Crippen molar-refractivity contribution in [1.82, 2.24) is 9.80 Å². The highest BCUT2D eigenvalue weighted by atomic mass is 19.4. The molecule has 2 saturated heterocycles. The summed E-state index contributed by atoms with van der Waals surface area (Å²) in [4.78, 5) is 37.2. The van der Waals surface area contributed by atoms with Gasteiger partial charge in [0, 0.05) is 31.9 Å². The summed E-state index contributed by atoms with van der Waals surface area (Å²) >= 11 is 0. The lowest BCUT2D eigenvalue weighted by atomic mass is 9.92. The van der Waals surface area contributed by atoms with Crippen LogP contribution in [0.5, 0.6) is 5.75 Å². The molecule has 0 bridgehead atoms. The molecule has 2 N–H and O–H groups in total. The van der Waals surface area contributed by atoms with Crippen LogP contribution in [0.2, 0.25) is 0 Å². The first-order chi connectivity index (χ1) is 19.0. The second kappa shape index (κ2) is 13.7. The summed E-state index contributed by atoms with van der Waals surface area (Å²) in [6, 6.07) is 18.3. The number of ether oxygens (including phenoxy) is 1. The van der Waals surface area contributed by atoms with Crippen molar-refractivity contribution in [1.29, 1.82) is 0 Å². The number of carbonyl (C=O) groups excluding carboxylic acids is 1. The van der Waals surface area contributed by atoms with Crippen LogP contribution in [-0.4, -0.2) is 96.1 Å². The van der Waals surface area contributed by atoms with Crippen LogP contribution in [-0.2, 0) is 20.9 Å². The van der Waals surface area contributed by atoms with E-state index in [-0.39, 0.29) is 11.4 Å². The number of carboxylic acid groups (broad SMARTS) is 2. The van der Waals surface area contributed by atoms with Crippen molar-refractivity contribution >= 4 is 23.5 Å². The second-order valence-electron chi connectivity index (χ2n) is 9.31. The number of nitrogens with zero attached hydrogens (tertiary/aromatic N) is 3. The number of anilines is 1. The van der Waals surface area contributed by atoms with Crippen LogP contribution in [0.15, 0.2) is 54.6 Å². The maximum Gasteiger partial charge on any atom is 0.490 e. The Balaban J connectivity index is 0.000000349. The van der Waals surface area contributed by atoms with Gasteiger partial charge < -0.3 is 19.8 Å². The minimum atomic E-state index is -5.08. The van der Waals surface area contributed by atoms with Crippen LogP contribution in [0.1, 0.15) is 12.0 Å². The molecule has 2 aliphatic heterocycles. The molecule has 2 aromatic rings. The number of halogens is 6. The highest BCUT2D eigenvalue weighted by Crippen LogP contribution is 2.34. The summed E-state index contributed by atoms with van der Waals surface area (Å²) in [5.74, 6) is -4.44. The molecule has 0 aromatic heterocycles. The average Bonchev–Trinajstić information content (AvgIpc) is 3.30. The zero-order valence-electron chi connectivity index (χ0n) is 22.1. The van der Waals surface area contributed by atoms with Crippen molar-refractivity contribution < 1.29 is 55.7 Å². The predicted octanol–water partition coefficient (Wildman–Crippen LogP) is 3.88. The summed E-state index contributed by atoms with van der Waals surface area (Å²) < 4.78 is 68.7. The minimum Gasteiger partial charge on any atom is -0.497 e. The van der Waals surface area contributed by atoms with E-state index in [4.69, 9.17) is 24.5 Å². The summed E-state index contributed by atoms with van der Waals surface area (Å²) in [5.41, 5.74) is 2.32. The zero-order chi connectivity index (χ0) is 31.0. The van der Waals surface area contributed by atoms with Crippen molar-refractivity contribution in [2.75, 3.05) is 45.2 Å². The third-order valence-electron chi connectivity index (χ3n) is 6.47. The number of likely N-dealkylation sites (tertiary alicyclic amines) is 1. The van der Waals surface area contributed by atoms with Gasteiger partial charge in [0.25, 0.3) is 0 Å². The molecule has 1 amide bonds. The van der Waals surface area contributed by atoms with Crippen LogP contribution >= 0.6 is 0 Å². The lowest BCUT2D eigenvalue weighted by Gasteiger charge is -2.47. The molecule has 1 atom stereocenters. The summed E-state index contributed by atoms with van der Waals surface area (Å²) in [6.07, 6.45) is -9.09. The first-order valence-corrected chi connectivity index (χ1v) is 12.0. The van der Waals surface area contributed by atoms with Gasteiger partial charge in [0.2, 0.25) is 5.91 Å². The summed E-state index contributed by atoms with van der Waals surface area (Å²) in [7, 11) is 3.79. The van der Waals surface area contributed by atoms with Gasteiger partial charge >= 0.3 is 24.3 Å². The maximum atomic E-state index is 12.6. The fourth-order valence-electron chi connectivity index (χ4n) is 4.31. The van der Waals surface area contributed by atoms with Gasteiger partial charge in [-0.3, -0.25) is 14.6 Å². The molecule has 4 rings (SSSR count). The first-order valence-electron chi connectivity index (χ1n) is 12.0. The number of hydrogen-bond acceptors (Lipinski definition) is 6. The van der Waals surface area contributed by atoms with E-state index in [1.165, 1.54) is 5.56 Å². The molecular weight excluding hydrogens is 564 g/mol. The van der Waals surface area contributed by atoms with Gasteiger partial charge in [0.1, 0.15) is 5.75 Å². The molecule has 15 heteroatoms. The van der Waals surface area contributed by atoms with E-state index in [9.17, 15) is 31.1 Å². The highest BCUT2D eigenvalue weighted by Gasteiger charge is 2.47. The number of hydrogen-bond donors (Lipinski definition) is 2. The molecule has 2 aliphatic rings. The molecule has 0 aliphatic carbocycles. The van der Waals surface area contributed by atoms with E-state index < -0.39 is 24.3 Å². The standard InChI is InChI=1S/C22H27N3O2.2C2HF3O2/c1-23-15-21(26)25(19-6-4-3-5-7-19)17-22(23)12-13-24(16-22)14-18-8-10-20(27-2)11-9-18;2*3-2(4,5)1(6)7/h3-11H,12-17H2,1-2H3;2*(H,6,7). The summed E-state index contributed by atoms with van der Waals surface area (Å²) in [6.45, 7) is 4.19. The van der Waals surface area contributed by atoms with Gasteiger partial charge in [-0.1, -0.05) is 30.3 Å². The third kappa shape index (κ3) is 9.63. The molecule has 2 fully saturated rings. The molecule has 2 aromatic carbocycles. The number of benzene rings is 2. The first kappa shape index (κ1) is 33.4. The topological polar surface area (TPSA) is 111 Å². The Hall–Kier alpha value is -3.85. The molecule has 9 nitrogen and oxygen atoms in total. The number of carbonyl (C=O) groups is 3. The number of methoxy groups -OCH3 is 1. The Labute approximate surface area is 231 Å². The minimum absolute atomic E-state index is 0.0240. The van der Waals surface area contributed by atoms with Gasteiger partial charge in [0.15, 0.2) is 0 Å². The smallest absolute Gasteiger partial charge is 0.490 e. The average molecular weight is 594 g/mol. The zero-order valence-corrected chi connectivity index (χ0v) is 22.1. The third-order valence-corrected chi connectivity index (χ3v) is 6.47. The molecule has 41 heavy (non-hydrogen) atoms. The monoisotopic (exact) mass is 593 g/mol. The Morgan fingerprint density at radius 2 is 1.41 bits per heavy atom. The van der Waals surface area contributed by atoms with Gasteiger partial charge in [0.05, 0.1) is 19.2 Å². The van der Waals surface area contributed by atoms with Crippen LogP contribution in [0.4, 0.5) is 32.0 Å². The van der Waals surface area contributed by atoms with Crippen molar-refractivity contribution in [3.05, 3.63) is 60.2 Å². The normalized spacial score (nSPS) is 19.6.